The average molecular weight is 1610 g/mol. The SMILES string of the molecule is CCC(C)CCCCCCCCCCCCCCCCCCCCC(=O)O[C@H](COC(=O)CCCCCCCCCCCCCCCCC(C)CC)COP(=O)(O)OC[C@@H](O)COP(=O)(O)OC[C@@H](COC(=O)CCCCCCCCCCCC(C)C)OC(=O)CCCCCCCCCCCCCCCCC(C)CC. The second kappa shape index (κ2) is 79.5. The monoisotopic (exact) mass is 1610 g/mol. The molecule has 8 atom stereocenters. The molecule has 0 fully saturated rings. The lowest BCUT2D eigenvalue weighted by atomic mass is 9.99. The molecule has 0 aromatic rings. The number of aliphatic hydroxyl groups is 1. The van der Waals surface area contributed by atoms with Crippen LogP contribution in [0.5, 0.6) is 0 Å². The summed E-state index contributed by atoms with van der Waals surface area (Å²) in [5.41, 5.74) is 0. The van der Waals surface area contributed by atoms with Gasteiger partial charge in [0.15, 0.2) is 12.2 Å². The van der Waals surface area contributed by atoms with E-state index in [2.05, 4.69) is 55.4 Å². The highest BCUT2D eigenvalue weighted by atomic mass is 31.2. The summed E-state index contributed by atoms with van der Waals surface area (Å²) in [4.78, 5) is 73.4. The van der Waals surface area contributed by atoms with Gasteiger partial charge in [0.2, 0.25) is 0 Å². The fourth-order valence-corrected chi connectivity index (χ4v) is 15.7. The standard InChI is InChI=1S/C91H178O17P2/c1-9-82(6)68-60-52-44-36-28-22-16-14-12-13-15-17-26-32-40-49-57-65-73-90(95)107-86(77-101-88(93)71-63-55-47-39-31-25-20-18-23-29-37-45-53-61-69-83(7)10-2)79-105-109(97,98)103-75-85(92)76-104-110(99,100)106-80-87(78-102-89(94)72-64-56-48-42-34-35-43-51-59-67-81(4)5)108-91(96)74-66-58-50-41-33-27-21-19-24-30-38-46-54-62-70-84(8)11-3/h81-87,92H,9-80H2,1-8H3,(H,97,98)(H,99,100)/t82?,83?,84?,85-,86-,87-/m1/s1. The van der Waals surface area contributed by atoms with Crippen LogP contribution in [0.15, 0.2) is 0 Å². The Morgan fingerprint density at radius 2 is 0.436 bits per heavy atom. The Morgan fingerprint density at radius 3 is 0.645 bits per heavy atom. The Morgan fingerprint density at radius 1 is 0.255 bits per heavy atom. The molecule has 110 heavy (non-hydrogen) atoms. The first-order valence-corrected chi connectivity index (χ1v) is 49.8. The quantitative estimate of drug-likeness (QED) is 0.0222. The molecule has 0 heterocycles. The molecular formula is C91H178O17P2. The zero-order valence-corrected chi connectivity index (χ0v) is 74.7. The van der Waals surface area contributed by atoms with Crippen LogP contribution in [0.2, 0.25) is 0 Å². The Balaban J connectivity index is 5.26. The van der Waals surface area contributed by atoms with Crippen molar-refractivity contribution < 1.29 is 80.2 Å². The molecule has 3 N–H and O–H groups in total. The van der Waals surface area contributed by atoms with E-state index in [1.807, 2.05) is 0 Å². The highest BCUT2D eigenvalue weighted by Gasteiger charge is 2.31. The van der Waals surface area contributed by atoms with Gasteiger partial charge in [0.1, 0.15) is 19.3 Å². The number of phosphoric ester groups is 2. The summed E-state index contributed by atoms with van der Waals surface area (Å²) < 4.78 is 69.1. The highest BCUT2D eigenvalue weighted by molar-refractivity contribution is 7.47. The number of carbonyl (C=O) groups is 4. The minimum Gasteiger partial charge on any atom is -0.462 e. The molecule has 0 radical (unpaired) electrons. The van der Waals surface area contributed by atoms with Gasteiger partial charge in [-0.3, -0.25) is 37.3 Å². The molecule has 17 nitrogen and oxygen atoms in total. The highest BCUT2D eigenvalue weighted by Crippen LogP contribution is 2.45. The number of hydrogen-bond donors (Lipinski definition) is 3. The minimum atomic E-state index is -4.97. The van der Waals surface area contributed by atoms with Gasteiger partial charge in [-0.2, -0.15) is 0 Å². The van der Waals surface area contributed by atoms with Crippen LogP contribution in [0, 0.1) is 23.7 Å². The van der Waals surface area contributed by atoms with Gasteiger partial charge in [-0.25, -0.2) is 9.13 Å². The van der Waals surface area contributed by atoms with E-state index in [1.165, 1.54) is 283 Å². The lowest BCUT2D eigenvalue weighted by Crippen LogP contribution is -2.30. The molecule has 0 aliphatic heterocycles. The molecule has 0 saturated carbocycles. The number of phosphoric acid groups is 2. The van der Waals surface area contributed by atoms with E-state index < -0.39 is 97.5 Å². The summed E-state index contributed by atoms with van der Waals surface area (Å²) >= 11 is 0. The Hall–Kier alpha value is -1.94. The normalized spacial score (nSPS) is 14.6. The van der Waals surface area contributed by atoms with Gasteiger partial charge in [-0.15, -0.1) is 0 Å². The van der Waals surface area contributed by atoms with E-state index in [9.17, 15) is 43.2 Å². The fourth-order valence-electron chi connectivity index (χ4n) is 14.1. The van der Waals surface area contributed by atoms with E-state index in [0.717, 1.165) is 114 Å². The van der Waals surface area contributed by atoms with E-state index in [0.29, 0.717) is 25.7 Å². The topological polar surface area (TPSA) is 237 Å². The molecule has 0 aliphatic carbocycles. The first-order chi connectivity index (χ1) is 53.2. The number of unbranched alkanes of at least 4 members (excludes halogenated alkanes) is 51. The molecule has 0 bridgehead atoms. The van der Waals surface area contributed by atoms with Crippen LogP contribution >= 0.6 is 15.6 Å². The van der Waals surface area contributed by atoms with E-state index >= 15 is 0 Å². The summed E-state index contributed by atoms with van der Waals surface area (Å²) in [6.07, 6.45) is 70.6. The molecule has 5 unspecified atom stereocenters. The van der Waals surface area contributed by atoms with Crippen molar-refractivity contribution in [3.05, 3.63) is 0 Å². The predicted octanol–water partition coefficient (Wildman–Crippen LogP) is 27.9. The molecule has 0 spiro atoms. The molecule has 0 aliphatic rings. The van der Waals surface area contributed by atoms with E-state index in [4.69, 9.17) is 37.0 Å². The molecule has 0 amide bonds. The first-order valence-electron chi connectivity index (χ1n) is 46.8. The second-order valence-corrected chi connectivity index (χ2v) is 36.8. The second-order valence-electron chi connectivity index (χ2n) is 33.9. The molecule has 0 aromatic heterocycles. The Kier molecular flexibility index (Phi) is 78.1. The molecule has 0 rings (SSSR count). The number of rotatable bonds is 88. The van der Waals surface area contributed by atoms with E-state index in [-0.39, 0.29) is 25.7 Å². The number of hydrogen-bond acceptors (Lipinski definition) is 15. The van der Waals surface area contributed by atoms with Crippen LogP contribution in [0.25, 0.3) is 0 Å². The first kappa shape index (κ1) is 108. The molecule has 0 aromatic carbocycles. The van der Waals surface area contributed by atoms with Crippen LogP contribution < -0.4 is 0 Å². The van der Waals surface area contributed by atoms with Crippen molar-refractivity contribution in [2.75, 3.05) is 39.6 Å². The lowest BCUT2D eigenvalue weighted by Gasteiger charge is -2.21. The predicted molar refractivity (Wildman–Crippen MR) is 455 cm³/mol. The summed E-state index contributed by atoms with van der Waals surface area (Å²) in [7, 11) is -9.94. The Bertz CT molecular complexity index is 2130. The number of ether oxygens (including phenoxy) is 4. The van der Waals surface area contributed by atoms with Crippen LogP contribution in [-0.2, 0) is 65.4 Å². The summed E-state index contributed by atoms with van der Waals surface area (Å²) in [5.74, 6) is 1.21. The Labute approximate surface area is 677 Å². The van der Waals surface area contributed by atoms with Gasteiger partial charge in [-0.1, -0.05) is 428 Å². The van der Waals surface area contributed by atoms with Gasteiger partial charge in [0, 0.05) is 25.7 Å². The van der Waals surface area contributed by atoms with Gasteiger partial charge < -0.3 is 33.8 Å². The fraction of sp³-hybridized carbons (Fsp3) is 0.956. The van der Waals surface area contributed by atoms with Crippen molar-refractivity contribution in [1.29, 1.82) is 0 Å². The van der Waals surface area contributed by atoms with Crippen molar-refractivity contribution in [3.63, 3.8) is 0 Å². The third-order valence-electron chi connectivity index (χ3n) is 22.4. The third-order valence-corrected chi connectivity index (χ3v) is 24.3. The van der Waals surface area contributed by atoms with Crippen LogP contribution in [0.4, 0.5) is 0 Å². The average Bonchev–Trinajstić information content (AvgIpc) is 0.895. The van der Waals surface area contributed by atoms with Gasteiger partial charge in [0.25, 0.3) is 0 Å². The maximum atomic E-state index is 13.2. The summed E-state index contributed by atoms with van der Waals surface area (Å²) in [6, 6.07) is 0. The molecule has 0 saturated heterocycles. The zero-order valence-electron chi connectivity index (χ0n) is 72.9. The van der Waals surface area contributed by atoms with Crippen molar-refractivity contribution in [2.24, 2.45) is 23.7 Å². The number of esters is 4. The molecular weight excluding hydrogens is 1430 g/mol. The van der Waals surface area contributed by atoms with Gasteiger partial charge in [-0.05, 0) is 49.4 Å². The zero-order chi connectivity index (χ0) is 80.9. The summed E-state index contributed by atoms with van der Waals surface area (Å²) in [6.45, 7) is 14.5. The van der Waals surface area contributed by atoms with Gasteiger partial charge >= 0.3 is 39.5 Å². The van der Waals surface area contributed by atoms with Crippen molar-refractivity contribution in [3.8, 4) is 0 Å². The van der Waals surface area contributed by atoms with Crippen LogP contribution in [0.1, 0.15) is 479 Å². The van der Waals surface area contributed by atoms with Crippen molar-refractivity contribution in [2.45, 2.75) is 497 Å². The van der Waals surface area contributed by atoms with Gasteiger partial charge in [0.05, 0.1) is 26.4 Å². The number of aliphatic hydroxyl groups excluding tert-OH is 1. The maximum absolute atomic E-state index is 13.2. The van der Waals surface area contributed by atoms with Crippen molar-refractivity contribution >= 4 is 39.5 Å². The largest absolute Gasteiger partial charge is 0.472 e. The summed E-state index contributed by atoms with van der Waals surface area (Å²) in [5, 5.41) is 10.7. The van der Waals surface area contributed by atoms with Crippen molar-refractivity contribution in [1.82, 2.24) is 0 Å². The van der Waals surface area contributed by atoms with Crippen LogP contribution in [-0.4, -0.2) is 96.7 Å². The van der Waals surface area contributed by atoms with E-state index in [1.54, 1.807) is 0 Å². The smallest absolute Gasteiger partial charge is 0.462 e. The third kappa shape index (κ3) is 79.9. The number of carbonyl (C=O) groups excluding carboxylic acids is 4. The van der Waals surface area contributed by atoms with Crippen LogP contribution in [0.3, 0.4) is 0 Å². The lowest BCUT2D eigenvalue weighted by molar-refractivity contribution is -0.161. The molecule has 19 heteroatoms. The maximum Gasteiger partial charge on any atom is 0.472 e. The molecule has 654 valence electrons. The minimum absolute atomic E-state index is 0.107.